The molecule has 19 heteroatoms. The van der Waals surface area contributed by atoms with E-state index in [-0.39, 0.29) is 67.5 Å². The van der Waals surface area contributed by atoms with Crippen molar-refractivity contribution in [2.75, 3.05) is 16.2 Å². The molecule has 0 saturated carbocycles. The number of carbonyl (C=O) groups is 5. The molecule has 0 radical (unpaired) electrons. The fourth-order valence-electron chi connectivity index (χ4n) is 6.12. The Morgan fingerprint density at radius 2 is 1.92 bits per heavy atom. The van der Waals surface area contributed by atoms with Crippen LogP contribution in [0.15, 0.2) is 48.7 Å². The first kappa shape index (κ1) is 32.7. The number of hydrogen-bond acceptors (Lipinski definition) is 12. The maximum absolute atomic E-state index is 15.4. The number of ether oxygens (including phenoxy) is 1. The summed E-state index contributed by atoms with van der Waals surface area (Å²) < 4.78 is 45.7. The zero-order chi connectivity index (χ0) is 35.3. The second-order valence-electron chi connectivity index (χ2n) is 11.8. The number of phenols is 1. The number of fused-ring (bicyclic) bond motifs is 2. The van der Waals surface area contributed by atoms with Crippen LogP contribution in [0.5, 0.6) is 11.5 Å². The Labute approximate surface area is 283 Å². The molecule has 6 N–H and O–H groups in total. The monoisotopic (exact) mass is 708 g/mol. The topological polar surface area (TPSA) is 229 Å². The maximum Gasteiger partial charge on any atom is 0.260 e. The lowest BCUT2D eigenvalue weighted by Gasteiger charge is -2.36. The zero-order valence-corrected chi connectivity index (χ0v) is 26.8. The van der Waals surface area contributed by atoms with Crippen molar-refractivity contribution < 1.29 is 47.3 Å². The Kier molecular flexibility index (Phi) is 8.24. The predicted molar refractivity (Wildman–Crippen MR) is 174 cm³/mol. The number of halogens is 1. The largest absolute Gasteiger partial charge is 0.506 e. The lowest BCUT2D eigenvalue weighted by Crippen LogP contribution is -2.52. The molecule has 3 aromatic carbocycles. The summed E-state index contributed by atoms with van der Waals surface area (Å²) in [5, 5.41) is 23.8. The number of piperidine rings is 1. The molecule has 2 fully saturated rings. The molecule has 3 aliphatic heterocycles. The van der Waals surface area contributed by atoms with Gasteiger partial charge in [-0.1, -0.05) is 11.3 Å². The van der Waals surface area contributed by atoms with Gasteiger partial charge in [-0.3, -0.25) is 43.1 Å². The molecule has 7 rings (SSSR count). The molecule has 260 valence electrons. The van der Waals surface area contributed by atoms with Crippen molar-refractivity contribution in [2.45, 2.75) is 45.0 Å². The lowest BCUT2D eigenvalue weighted by molar-refractivity contribution is -0.137. The van der Waals surface area contributed by atoms with Gasteiger partial charge in [0.25, 0.3) is 11.8 Å². The molecule has 5 amide bonds. The number of anilines is 2. The van der Waals surface area contributed by atoms with Gasteiger partial charge in [-0.05, 0) is 59.2 Å². The van der Waals surface area contributed by atoms with Crippen LogP contribution in [0.4, 0.5) is 15.8 Å². The molecule has 50 heavy (non-hydrogen) atoms. The molecule has 2 saturated heterocycles. The maximum atomic E-state index is 15.4. The van der Waals surface area contributed by atoms with Crippen molar-refractivity contribution in [3.05, 3.63) is 71.3 Å². The predicted octanol–water partition coefficient (Wildman–Crippen LogP) is 2.16. The molecular formula is C31H29FN8O9S. The number of phenolic OH excluding ortho intramolecular Hbond substituents is 1. The van der Waals surface area contributed by atoms with E-state index in [1.807, 2.05) is 4.72 Å². The minimum Gasteiger partial charge on any atom is -0.506 e. The van der Waals surface area contributed by atoms with Crippen LogP contribution in [-0.4, -0.2) is 76.2 Å². The van der Waals surface area contributed by atoms with E-state index in [9.17, 15) is 38.2 Å². The first-order valence-electron chi connectivity index (χ1n) is 15.3. The first-order chi connectivity index (χ1) is 23.9. The summed E-state index contributed by atoms with van der Waals surface area (Å²) in [5.74, 6) is -3.47. The van der Waals surface area contributed by atoms with Crippen molar-refractivity contribution in [3.8, 4) is 11.5 Å². The van der Waals surface area contributed by atoms with Crippen LogP contribution in [0.2, 0.25) is 0 Å². The van der Waals surface area contributed by atoms with Gasteiger partial charge in [-0.25, -0.2) is 13.4 Å². The third-order valence-corrected chi connectivity index (χ3v) is 9.91. The Morgan fingerprint density at radius 3 is 2.68 bits per heavy atom. The van der Waals surface area contributed by atoms with E-state index in [4.69, 9.17) is 4.74 Å². The van der Waals surface area contributed by atoms with Gasteiger partial charge in [-0.15, -0.1) is 5.10 Å². The van der Waals surface area contributed by atoms with Crippen LogP contribution in [-0.2, 0) is 38.9 Å². The number of imide groups is 1. The average Bonchev–Trinajstić information content (AvgIpc) is 3.73. The van der Waals surface area contributed by atoms with E-state index >= 15 is 4.39 Å². The van der Waals surface area contributed by atoms with Crippen LogP contribution >= 0.6 is 11.0 Å². The van der Waals surface area contributed by atoms with Crippen LogP contribution in [0.1, 0.15) is 40.9 Å². The highest BCUT2D eigenvalue weighted by Crippen LogP contribution is 2.50. The molecule has 4 aromatic rings. The molecule has 0 aliphatic carbocycles. The Bertz CT molecular complexity index is 2110. The minimum atomic E-state index is -3.86. The van der Waals surface area contributed by atoms with Crippen molar-refractivity contribution in [2.24, 2.45) is 0 Å². The quantitative estimate of drug-likeness (QED) is 0.138. The summed E-state index contributed by atoms with van der Waals surface area (Å²) in [4.78, 5) is 62.8. The van der Waals surface area contributed by atoms with Crippen molar-refractivity contribution in [3.63, 3.8) is 0 Å². The number of benzene rings is 3. The number of aromatic hydroxyl groups is 1. The Hall–Kier alpha value is -5.79. The van der Waals surface area contributed by atoms with E-state index in [1.165, 1.54) is 33.8 Å². The molecule has 4 heterocycles. The summed E-state index contributed by atoms with van der Waals surface area (Å²) in [6.07, 6.45) is 2.00. The standard InChI is InChI=1S/C31H29FN8O9S/c32-28-19-5-4-17(10-16(19)11-23(41)29(28)40-14-27(44)36-50(40,47)48)33-26(43)8-9-38-12-18(35-37-38)15-49-24-3-1-2-20-21(24)13-39(31(20)46)22-6-7-25(42)34-30(22)45/h1-5,10-12,22,41,47-48H,6-9,13-15H2,(H,33,43)(H,36,44)(H,34,42,45). The van der Waals surface area contributed by atoms with E-state index in [2.05, 4.69) is 20.9 Å². The van der Waals surface area contributed by atoms with Gasteiger partial charge in [-0.2, -0.15) is 0 Å². The number of hydrogen-bond donors (Lipinski definition) is 6. The third kappa shape index (κ3) is 6.12. The summed E-state index contributed by atoms with van der Waals surface area (Å²) in [6, 6.07) is 9.72. The number of carbonyl (C=O) groups excluding carboxylic acids is 5. The van der Waals surface area contributed by atoms with Gasteiger partial charge in [0.1, 0.15) is 42.1 Å². The number of nitrogens with zero attached hydrogens (tertiary/aromatic N) is 5. The first-order valence-corrected chi connectivity index (χ1v) is 16.8. The van der Waals surface area contributed by atoms with Gasteiger partial charge >= 0.3 is 0 Å². The number of rotatable bonds is 9. The fraction of sp³-hybridized carbons (Fsp3) is 0.258. The highest BCUT2D eigenvalue weighted by atomic mass is 32.3. The average molecular weight is 709 g/mol. The highest BCUT2D eigenvalue weighted by molar-refractivity contribution is 8.24. The lowest BCUT2D eigenvalue weighted by atomic mass is 10.0. The summed E-state index contributed by atoms with van der Waals surface area (Å²) in [5.41, 5.74) is 1.27. The van der Waals surface area contributed by atoms with Gasteiger partial charge < -0.3 is 20.1 Å². The van der Waals surface area contributed by atoms with Crippen LogP contribution < -0.4 is 24.4 Å². The SMILES string of the molecule is O=C1CCC(N2Cc3c(OCc4cn(CCC(=O)Nc5ccc6c(F)c(N7CC(=O)NS7(O)O)c(O)cc6c5)nn4)cccc3C2=O)C(=O)N1. The van der Waals surface area contributed by atoms with Crippen molar-refractivity contribution in [1.82, 2.24) is 29.9 Å². The number of aryl methyl sites for hydroxylation is 1. The van der Waals surface area contributed by atoms with Crippen molar-refractivity contribution >= 4 is 62.6 Å². The Balaban J connectivity index is 0.946. The van der Waals surface area contributed by atoms with Crippen LogP contribution in [0, 0.1) is 5.82 Å². The number of amides is 5. The molecule has 0 spiro atoms. The summed E-state index contributed by atoms with van der Waals surface area (Å²) in [7, 11) is -3.86. The number of nitrogens with one attached hydrogen (secondary N) is 3. The summed E-state index contributed by atoms with van der Waals surface area (Å²) in [6.45, 7) is -0.228. The number of aromatic nitrogens is 3. The van der Waals surface area contributed by atoms with Crippen LogP contribution in [0.3, 0.4) is 0 Å². The van der Waals surface area contributed by atoms with Crippen molar-refractivity contribution in [1.29, 1.82) is 0 Å². The third-order valence-electron chi connectivity index (χ3n) is 8.48. The molecule has 1 atom stereocenters. The zero-order valence-electron chi connectivity index (χ0n) is 26.0. The second-order valence-corrected chi connectivity index (χ2v) is 13.5. The second kappa shape index (κ2) is 12.6. The highest BCUT2D eigenvalue weighted by Gasteiger charge is 2.40. The molecule has 1 aromatic heterocycles. The Morgan fingerprint density at radius 1 is 1.10 bits per heavy atom. The molecule has 17 nitrogen and oxygen atoms in total. The fourth-order valence-corrected chi connectivity index (χ4v) is 7.32. The molecule has 0 bridgehead atoms. The van der Waals surface area contributed by atoms with E-state index in [0.717, 1.165) is 0 Å². The summed E-state index contributed by atoms with van der Waals surface area (Å²) >= 11 is 0. The van der Waals surface area contributed by atoms with E-state index in [0.29, 0.717) is 32.6 Å². The van der Waals surface area contributed by atoms with Gasteiger partial charge in [0, 0.05) is 35.0 Å². The normalized spacial score (nSPS) is 19.0. The molecule has 1 unspecified atom stereocenters. The molecular weight excluding hydrogens is 679 g/mol. The van der Waals surface area contributed by atoms with E-state index in [1.54, 1.807) is 24.4 Å². The van der Waals surface area contributed by atoms with Crippen LogP contribution in [0.25, 0.3) is 10.8 Å². The van der Waals surface area contributed by atoms with E-state index < -0.39 is 52.6 Å². The molecule has 3 aliphatic rings. The van der Waals surface area contributed by atoms with Gasteiger partial charge in [0.15, 0.2) is 5.82 Å². The smallest absolute Gasteiger partial charge is 0.260 e. The van der Waals surface area contributed by atoms with Gasteiger partial charge in [0.05, 0.1) is 19.3 Å². The minimum absolute atomic E-state index is 0.00142. The van der Waals surface area contributed by atoms with Gasteiger partial charge in [0.2, 0.25) is 17.7 Å².